The van der Waals surface area contributed by atoms with Gasteiger partial charge in [-0.1, -0.05) is 0 Å². The van der Waals surface area contributed by atoms with Crippen molar-refractivity contribution in [3.63, 3.8) is 0 Å². The van der Waals surface area contributed by atoms with Gasteiger partial charge in [0.25, 0.3) is 0 Å². The molecule has 108 valence electrons. The normalized spacial score (nSPS) is 25.8. The molecule has 2 amide bonds. The number of fused-ring (bicyclic) bond motifs is 1. The molecule has 1 heterocycles. The number of amides is 2. The first-order chi connectivity index (χ1) is 9.22. The van der Waals surface area contributed by atoms with Crippen molar-refractivity contribution >= 4 is 12.0 Å². The van der Waals surface area contributed by atoms with Crippen LogP contribution in [0.3, 0.4) is 0 Å². The van der Waals surface area contributed by atoms with Crippen molar-refractivity contribution in [3.8, 4) is 0 Å². The molecule has 1 N–H and O–H groups in total. The Balaban J connectivity index is 1.74. The molecule has 1 saturated heterocycles. The molecule has 0 bridgehead atoms. The van der Waals surface area contributed by atoms with Crippen LogP contribution in [-0.4, -0.2) is 55.3 Å². The van der Waals surface area contributed by atoms with Gasteiger partial charge in [-0.05, 0) is 26.2 Å². The van der Waals surface area contributed by atoms with Gasteiger partial charge in [-0.3, -0.25) is 4.79 Å². The Bertz CT molecular complexity index is 335. The van der Waals surface area contributed by atoms with Gasteiger partial charge in [0, 0.05) is 19.5 Å². The van der Waals surface area contributed by atoms with Crippen molar-refractivity contribution in [2.45, 2.75) is 44.8 Å². The van der Waals surface area contributed by atoms with Gasteiger partial charge in [0.15, 0.2) is 0 Å². The molecule has 0 aromatic rings. The zero-order valence-corrected chi connectivity index (χ0v) is 11.4. The second kappa shape index (κ2) is 6.75. The first kappa shape index (κ1) is 14.1. The molecule has 2 atom stereocenters. The van der Waals surface area contributed by atoms with Gasteiger partial charge in [-0.15, -0.1) is 0 Å². The summed E-state index contributed by atoms with van der Waals surface area (Å²) in [5.74, 6) is 0.0944. The summed E-state index contributed by atoms with van der Waals surface area (Å²) in [6, 6.07) is 0.240. The molecule has 0 radical (unpaired) electrons. The molecule has 6 heteroatoms. The first-order valence-electron chi connectivity index (χ1n) is 7.04. The highest BCUT2D eigenvalue weighted by Gasteiger charge is 2.37. The number of carbonyl (C=O) groups excluding carboxylic acids is 2. The molecule has 2 aliphatic rings. The van der Waals surface area contributed by atoms with E-state index in [2.05, 4.69) is 5.32 Å². The standard InChI is InChI=1S/C13H22N2O4/c1-2-18-13(17)14-7-6-12(16)15-8-9-19-11-5-3-4-10(11)15/h10-11H,2-9H2,1H3,(H,14,17)/t10-,11+/m1/s1. The Morgan fingerprint density at radius 1 is 1.42 bits per heavy atom. The zero-order valence-electron chi connectivity index (χ0n) is 11.4. The molecule has 0 unspecified atom stereocenters. The number of ether oxygens (including phenoxy) is 2. The molecular formula is C13H22N2O4. The van der Waals surface area contributed by atoms with Crippen molar-refractivity contribution < 1.29 is 19.1 Å². The van der Waals surface area contributed by atoms with Crippen LogP contribution >= 0.6 is 0 Å². The van der Waals surface area contributed by atoms with Gasteiger partial charge in [0.2, 0.25) is 5.91 Å². The minimum atomic E-state index is -0.462. The highest BCUT2D eigenvalue weighted by molar-refractivity contribution is 5.77. The van der Waals surface area contributed by atoms with E-state index >= 15 is 0 Å². The second-order valence-corrected chi connectivity index (χ2v) is 4.89. The predicted octanol–water partition coefficient (Wildman–Crippen LogP) is 0.902. The van der Waals surface area contributed by atoms with E-state index in [9.17, 15) is 9.59 Å². The topological polar surface area (TPSA) is 67.9 Å². The van der Waals surface area contributed by atoms with E-state index in [4.69, 9.17) is 9.47 Å². The van der Waals surface area contributed by atoms with E-state index in [1.54, 1.807) is 6.92 Å². The van der Waals surface area contributed by atoms with E-state index in [0.717, 1.165) is 19.3 Å². The summed E-state index contributed by atoms with van der Waals surface area (Å²) in [6.07, 6.45) is 3.28. The number of rotatable bonds is 4. The fraction of sp³-hybridized carbons (Fsp3) is 0.846. The summed E-state index contributed by atoms with van der Waals surface area (Å²) in [7, 11) is 0. The van der Waals surface area contributed by atoms with Crippen LogP contribution in [0.4, 0.5) is 4.79 Å². The Hall–Kier alpha value is -1.30. The van der Waals surface area contributed by atoms with Crippen molar-refractivity contribution in [2.75, 3.05) is 26.3 Å². The number of carbonyl (C=O) groups is 2. The van der Waals surface area contributed by atoms with Crippen LogP contribution in [0.2, 0.25) is 0 Å². The molecule has 6 nitrogen and oxygen atoms in total. The number of alkyl carbamates (subject to hydrolysis) is 1. The Labute approximate surface area is 113 Å². The van der Waals surface area contributed by atoms with Crippen LogP contribution in [0.15, 0.2) is 0 Å². The molecule has 1 aliphatic heterocycles. The fourth-order valence-corrected chi connectivity index (χ4v) is 2.83. The molecule has 1 aliphatic carbocycles. The van der Waals surface area contributed by atoms with Crippen LogP contribution in [-0.2, 0) is 14.3 Å². The third kappa shape index (κ3) is 3.59. The van der Waals surface area contributed by atoms with Crippen LogP contribution < -0.4 is 5.32 Å². The first-order valence-corrected chi connectivity index (χ1v) is 7.04. The molecule has 1 saturated carbocycles. The summed E-state index contributed by atoms with van der Waals surface area (Å²) < 4.78 is 10.4. The number of nitrogens with zero attached hydrogens (tertiary/aromatic N) is 1. The van der Waals surface area contributed by atoms with Gasteiger partial charge in [-0.25, -0.2) is 4.79 Å². The lowest BCUT2D eigenvalue weighted by atomic mass is 10.1. The number of nitrogens with one attached hydrogen (secondary N) is 1. The summed E-state index contributed by atoms with van der Waals surface area (Å²) in [5, 5.41) is 2.57. The lowest BCUT2D eigenvalue weighted by Gasteiger charge is -2.37. The molecule has 2 fully saturated rings. The molecule has 0 aromatic heterocycles. The Kier molecular flexibility index (Phi) is 5.01. The molecular weight excluding hydrogens is 248 g/mol. The molecule has 2 rings (SSSR count). The summed E-state index contributed by atoms with van der Waals surface area (Å²) in [6.45, 7) is 3.70. The summed E-state index contributed by atoms with van der Waals surface area (Å²) in [4.78, 5) is 25.2. The molecule has 19 heavy (non-hydrogen) atoms. The van der Waals surface area contributed by atoms with Crippen LogP contribution in [0.5, 0.6) is 0 Å². The predicted molar refractivity (Wildman–Crippen MR) is 68.7 cm³/mol. The minimum Gasteiger partial charge on any atom is -0.450 e. The van der Waals surface area contributed by atoms with Crippen LogP contribution in [0.25, 0.3) is 0 Å². The second-order valence-electron chi connectivity index (χ2n) is 4.89. The maximum atomic E-state index is 12.2. The highest BCUT2D eigenvalue weighted by atomic mass is 16.5. The lowest BCUT2D eigenvalue weighted by Crippen LogP contribution is -2.51. The lowest BCUT2D eigenvalue weighted by molar-refractivity contribution is -0.143. The quantitative estimate of drug-likeness (QED) is 0.824. The third-order valence-corrected chi connectivity index (χ3v) is 3.69. The minimum absolute atomic E-state index is 0.0944. The van der Waals surface area contributed by atoms with Gasteiger partial charge in [0.1, 0.15) is 0 Å². The van der Waals surface area contributed by atoms with Crippen LogP contribution in [0, 0.1) is 0 Å². The maximum Gasteiger partial charge on any atom is 0.407 e. The largest absolute Gasteiger partial charge is 0.450 e. The SMILES string of the molecule is CCOC(=O)NCCC(=O)N1CCO[C@H]2CCC[C@H]21. The van der Waals surface area contributed by atoms with Crippen molar-refractivity contribution in [1.29, 1.82) is 0 Å². The molecule has 0 spiro atoms. The number of morpholine rings is 1. The number of hydrogen-bond acceptors (Lipinski definition) is 4. The van der Waals surface area contributed by atoms with E-state index in [-0.39, 0.29) is 18.1 Å². The van der Waals surface area contributed by atoms with Gasteiger partial charge >= 0.3 is 6.09 Å². The van der Waals surface area contributed by atoms with Crippen molar-refractivity contribution in [1.82, 2.24) is 10.2 Å². The Morgan fingerprint density at radius 2 is 2.26 bits per heavy atom. The van der Waals surface area contributed by atoms with E-state index in [1.165, 1.54) is 0 Å². The van der Waals surface area contributed by atoms with Crippen LogP contribution in [0.1, 0.15) is 32.6 Å². The zero-order chi connectivity index (χ0) is 13.7. The van der Waals surface area contributed by atoms with E-state index < -0.39 is 6.09 Å². The summed E-state index contributed by atoms with van der Waals surface area (Å²) in [5.41, 5.74) is 0. The fourth-order valence-electron chi connectivity index (χ4n) is 2.83. The average Bonchev–Trinajstić information content (AvgIpc) is 2.86. The average molecular weight is 270 g/mol. The monoisotopic (exact) mass is 270 g/mol. The van der Waals surface area contributed by atoms with Crippen molar-refractivity contribution in [3.05, 3.63) is 0 Å². The van der Waals surface area contributed by atoms with Gasteiger partial charge in [0.05, 0.1) is 25.4 Å². The summed E-state index contributed by atoms with van der Waals surface area (Å²) >= 11 is 0. The smallest absolute Gasteiger partial charge is 0.407 e. The van der Waals surface area contributed by atoms with Gasteiger partial charge < -0.3 is 19.7 Å². The molecule has 0 aromatic carbocycles. The van der Waals surface area contributed by atoms with E-state index in [0.29, 0.717) is 32.7 Å². The van der Waals surface area contributed by atoms with E-state index in [1.807, 2.05) is 4.90 Å². The maximum absolute atomic E-state index is 12.2. The highest BCUT2D eigenvalue weighted by Crippen LogP contribution is 2.29. The van der Waals surface area contributed by atoms with Crippen molar-refractivity contribution in [2.24, 2.45) is 0 Å². The Morgan fingerprint density at radius 3 is 3.05 bits per heavy atom. The third-order valence-electron chi connectivity index (χ3n) is 3.69. The van der Waals surface area contributed by atoms with Gasteiger partial charge in [-0.2, -0.15) is 0 Å². The number of hydrogen-bond donors (Lipinski definition) is 1.